The van der Waals surface area contributed by atoms with Gasteiger partial charge >= 0.3 is 0 Å². The molecule has 1 aromatic rings. The Kier molecular flexibility index (Phi) is 9.71. The van der Waals surface area contributed by atoms with Gasteiger partial charge in [-0.15, -0.1) is 0 Å². The van der Waals surface area contributed by atoms with Gasteiger partial charge in [-0.25, -0.2) is 0 Å². The number of hydrogen-bond donors (Lipinski definition) is 3. The lowest BCUT2D eigenvalue weighted by molar-refractivity contribution is -0.117. The third kappa shape index (κ3) is 7.82. The number of halogens is 1. The number of anilines is 2. The number of amides is 1. The Labute approximate surface area is 173 Å². The maximum Gasteiger partial charge on any atom is 0.263 e. The van der Waals surface area contributed by atoms with E-state index in [4.69, 9.17) is 17.3 Å². The van der Waals surface area contributed by atoms with Crippen molar-refractivity contribution in [1.29, 1.82) is 5.26 Å². The minimum absolute atomic E-state index is 0.0547. The molecule has 4 N–H and O–H groups in total. The maximum atomic E-state index is 12.6. The van der Waals surface area contributed by atoms with E-state index in [2.05, 4.69) is 10.6 Å². The standard InChI is InChI=1S/C22H31ClN4O/c23-20-14-19(12-13-21(20)25)26-16-17(15-24)22(28)27-18-10-8-6-4-2-1-3-5-7-9-11-18/h12-14,16,18,26H,1-11,25H2,(H,27,28)/b17-16-. The zero-order chi connectivity index (χ0) is 20.2. The van der Waals surface area contributed by atoms with Crippen LogP contribution in [-0.2, 0) is 4.79 Å². The molecule has 1 fully saturated rings. The molecule has 1 aromatic carbocycles. The second-order valence-corrected chi connectivity index (χ2v) is 7.89. The number of carbonyl (C=O) groups is 1. The predicted octanol–water partition coefficient (Wildman–Crippen LogP) is 5.53. The SMILES string of the molecule is N#C/C(=C/Nc1ccc(N)c(Cl)c1)C(=O)NC1CCCCCCCCCCC1. The fourth-order valence-corrected chi connectivity index (χ4v) is 3.67. The highest BCUT2D eigenvalue weighted by atomic mass is 35.5. The Morgan fingerprint density at radius 1 is 1.07 bits per heavy atom. The Balaban J connectivity index is 1.93. The molecule has 0 radical (unpaired) electrons. The molecule has 152 valence electrons. The first kappa shape index (κ1) is 22.1. The summed E-state index contributed by atoms with van der Waals surface area (Å²) in [5, 5.41) is 15.8. The van der Waals surface area contributed by atoms with Crippen molar-refractivity contribution >= 4 is 28.9 Å². The molecule has 0 aromatic heterocycles. The molecule has 2 rings (SSSR count). The Hall–Kier alpha value is -2.19. The number of nitriles is 1. The number of hydrogen-bond acceptors (Lipinski definition) is 4. The van der Waals surface area contributed by atoms with Gasteiger partial charge in [0.15, 0.2) is 0 Å². The second-order valence-electron chi connectivity index (χ2n) is 7.48. The third-order valence-electron chi connectivity index (χ3n) is 5.19. The van der Waals surface area contributed by atoms with Gasteiger partial charge in [0.2, 0.25) is 0 Å². The van der Waals surface area contributed by atoms with Crippen molar-refractivity contribution in [3.05, 3.63) is 35.0 Å². The van der Waals surface area contributed by atoms with Crippen molar-refractivity contribution in [2.45, 2.75) is 76.7 Å². The summed E-state index contributed by atoms with van der Waals surface area (Å²) in [5.41, 5.74) is 6.90. The summed E-state index contributed by atoms with van der Waals surface area (Å²) < 4.78 is 0. The van der Waals surface area contributed by atoms with Crippen LogP contribution in [0.1, 0.15) is 70.6 Å². The van der Waals surface area contributed by atoms with E-state index in [1.165, 1.54) is 51.1 Å². The first-order valence-corrected chi connectivity index (χ1v) is 10.7. The van der Waals surface area contributed by atoms with E-state index in [1.807, 2.05) is 6.07 Å². The zero-order valence-electron chi connectivity index (χ0n) is 16.5. The van der Waals surface area contributed by atoms with Gasteiger partial charge in [0.25, 0.3) is 5.91 Å². The first-order valence-electron chi connectivity index (χ1n) is 10.3. The van der Waals surface area contributed by atoms with Crippen LogP contribution in [0.2, 0.25) is 5.02 Å². The number of rotatable bonds is 4. The molecule has 5 nitrogen and oxygen atoms in total. The van der Waals surface area contributed by atoms with Crippen LogP contribution in [0.4, 0.5) is 11.4 Å². The molecule has 1 amide bonds. The summed E-state index contributed by atoms with van der Waals surface area (Å²) in [6.45, 7) is 0. The number of nitrogens with two attached hydrogens (primary N) is 1. The summed E-state index contributed by atoms with van der Waals surface area (Å²) in [5.74, 6) is -0.325. The molecule has 1 aliphatic rings. The van der Waals surface area contributed by atoms with Gasteiger partial charge in [-0.3, -0.25) is 4.79 Å². The highest BCUT2D eigenvalue weighted by Gasteiger charge is 2.16. The lowest BCUT2D eigenvalue weighted by Gasteiger charge is -2.19. The summed E-state index contributed by atoms with van der Waals surface area (Å²) >= 11 is 6.00. The first-order chi connectivity index (χ1) is 13.6. The molecule has 0 bridgehead atoms. The maximum absolute atomic E-state index is 12.6. The number of nitrogen functional groups attached to an aromatic ring is 1. The minimum atomic E-state index is -0.325. The van der Waals surface area contributed by atoms with E-state index in [9.17, 15) is 10.1 Å². The van der Waals surface area contributed by atoms with Gasteiger partial charge in [-0.1, -0.05) is 69.4 Å². The van der Waals surface area contributed by atoms with E-state index >= 15 is 0 Å². The topological polar surface area (TPSA) is 90.9 Å². The Morgan fingerprint density at radius 2 is 1.64 bits per heavy atom. The highest BCUT2D eigenvalue weighted by Crippen LogP contribution is 2.23. The van der Waals surface area contributed by atoms with Crippen LogP contribution >= 0.6 is 11.6 Å². The average Bonchev–Trinajstić information content (AvgIpc) is 2.67. The van der Waals surface area contributed by atoms with Gasteiger partial charge in [0, 0.05) is 17.9 Å². The lowest BCUT2D eigenvalue weighted by atomic mass is 9.98. The van der Waals surface area contributed by atoms with Crippen molar-refractivity contribution in [2.75, 3.05) is 11.1 Å². The molecule has 0 heterocycles. The molecular formula is C22H31ClN4O. The molecular weight excluding hydrogens is 372 g/mol. The molecule has 0 saturated heterocycles. The molecule has 0 spiro atoms. The number of carbonyl (C=O) groups excluding carboxylic acids is 1. The molecule has 1 aliphatic carbocycles. The van der Waals surface area contributed by atoms with E-state index < -0.39 is 0 Å². The Bertz CT molecular complexity index is 699. The Morgan fingerprint density at radius 3 is 2.18 bits per heavy atom. The fraction of sp³-hybridized carbons (Fsp3) is 0.545. The minimum Gasteiger partial charge on any atom is -0.398 e. The van der Waals surface area contributed by atoms with Crippen molar-refractivity contribution in [3.63, 3.8) is 0 Å². The number of nitrogens with zero attached hydrogens (tertiary/aromatic N) is 1. The summed E-state index contributed by atoms with van der Waals surface area (Å²) in [7, 11) is 0. The number of nitrogens with one attached hydrogen (secondary N) is 2. The molecule has 0 aliphatic heterocycles. The van der Waals surface area contributed by atoms with Crippen LogP contribution in [0.5, 0.6) is 0 Å². The van der Waals surface area contributed by atoms with Gasteiger partial charge in [0.1, 0.15) is 11.6 Å². The van der Waals surface area contributed by atoms with E-state index in [0.717, 1.165) is 25.7 Å². The monoisotopic (exact) mass is 402 g/mol. The van der Waals surface area contributed by atoms with Crippen molar-refractivity contribution in [3.8, 4) is 6.07 Å². The van der Waals surface area contributed by atoms with Crippen LogP contribution < -0.4 is 16.4 Å². The lowest BCUT2D eigenvalue weighted by Crippen LogP contribution is -2.35. The van der Waals surface area contributed by atoms with Crippen molar-refractivity contribution in [1.82, 2.24) is 5.32 Å². The van der Waals surface area contributed by atoms with Crippen molar-refractivity contribution < 1.29 is 4.79 Å². The normalized spacial score (nSPS) is 17.6. The van der Waals surface area contributed by atoms with E-state index in [1.54, 1.807) is 18.2 Å². The molecule has 6 heteroatoms. The average molecular weight is 403 g/mol. The second kappa shape index (κ2) is 12.3. The zero-order valence-corrected chi connectivity index (χ0v) is 17.2. The van der Waals surface area contributed by atoms with Crippen LogP contribution in [0, 0.1) is 11.3 Å². The predicted molar refractivity (Wildman–Crippen MR) is 116 cm³/mol. The van der Waals surface area contributed by atoms with Crippen LogP contribution in [0.3, 0.4) is 0 Å². The summed E-state index contributed by atoms with van der Waals surface area (Å²) in [6.07, 6.45) is 14.6. The number of benzene rings is 1. The molecule has 28 heavy (non-hydrogen) atoms. The third-order valence-corrected chi connectivity index (χ3v) is 5.52. The molecule has 0 atom stereocenters. The van der Waals surface area contributed by atoms with Crippen molar-refractivity contribution in [2.24, 2.45) is 0 Å². The van der Waals surface area contributed by atoms with Crippen LogP contribution in [0.15, 0.2) is 30.0 Å². The molecule has 0 unspecified atom stereocenters. The largest absolute Gasteiger partial charge is 0.398 e. The molecule has 1 saturated carbocycles. The van der Waals surface area contributed by atoms with Gasteiger partial charge in [0.05, 0.1) is 10.7 Å². The highest BCUT2D eigenvalue weighted by molar-refractivity contribution is 6.33. The van der Waals surface area contributed by atoms with Crippen LogP contribution in [-0.4, -0.2) is 11.9 Å². The smallest absolute Gasteiger partial charge is 0.263 e. The van der Waals surface area contributed by atoms with E-state index in [0.29, 0.717) is 16.4 Å². The quantitative estimate of drug-likeness (QED) is 0.350. The summed E-state index contributed by atoms with van der Waals surface area (Å²) in [4.78, 5) is 12.6. The van der Waals surface area contributed by atoms with Crippen LogP contribution in [0.25, 0.3) is 0 Å². The van der Waals surface area contributed by atoms with Gasteiger partial charge in [-0.05, 0) is 31.0 Å². The van der Waals surface area contributed by atoms with E-state index in [-0.39, 0.29) is 17.5 Å². The van der Waals surface area contributed by atoms with Gasteiger partial charge in [-0.2, -0.15) is 5.26 Å². The summed E-state index contributed by atoms with van der Waals surface area (Å²) in [6, 6.07) is 7.20. The van der Waals surface area contributed by atoms with Gasteiger partial charge < -0.3 is 16.4 Å². The fourth-order valence-electron chi connectivity index (χ4n) is 3.49.